The number of benzene rings is 2. The summed E-state index contributed by atoms with van der Waals surface area (Å²) in [6.07, 6.45) is 3.09. The maximum absolute atomic E-state index is 12.7. The van der Waals surface area contributed by atoms with Crippen LogP contribution in [0.1, 0.15) is 14.1 Å². The molecule has 0 saturated heterocycles. The number of fused-ring (bicyclic) bond motifs is 3. The Morgan fingerprint density at radius 1 is 0.792 bits per heavy atom. The summed E-state index contributed by atoms with van der Waals surface area (Å²) in [7, 11) is 0. The minimum atomic E-state index is -0.135. The van der Waals surface area contributed by atoms with E-state index in [2.05, 4.69) is 23.1 Å². The number of hydrogen-bond donors (Lipinski definition) is 2. The smallest absolute Gasteiger partial charge is 0.197 e. The van der Waals surface area contributed by atoms with Gasteiger partial charge in [-0.15, -0.1) is 0 Å². The zero-order valence-electron chi connectivity index (χ0n) is 12.8. The molecule has 2 heterocycles. The van der Waals surface area contributed by atoms with Gasteiger partial charge in [0.15, 0.2) is 10.9 Å². The second-order valence-corrected chi connectivity index (χ2v) is 5.63. The van der Waals surface area contributed by atoms with Crippen LogP contribution in [0.3, 0.4) is 0 Å². The molecule has 0 atom stereocenters. The summed E-state index contributed by atoms with van der Waals surface area (Å²) in [6.45, 7) is 7.42. The first-order chi connectivity index (χ1) is 11.6. The Balaban J connectivity index is 0.00000121. The van der Waals surface area contributed by atoms with Crippen LogP contribution in [0.25, 0.3) is 44.9 Å². The normalized spacial score (nSPS) is 11.2. The number of para-hydroxylation sites is 1. The SMILES string of the molecule is C=Cc1[nH]c2cc3c(=O)c4ccccc4[nH]c3cc2c(=O)c1C=C.[HH].[HH]. The number of nitrogens with one attached hydrogen (secondary N) is 2. The van der Waals surface area contributed by atoms with E-state index in [9.17, 15) is 9.59 Å². The van der Waals surface area contributed by atoms with Crippen LogP contribution in [0.4, 0.5) is 0 Å². The number of rotatable bonds is 2. The van der Waals surface area contributed by atoms with Crippen LogP contribution in [0.5, 0.6) is 0 Å². The van der Waals surface area contributed by atoms with Crippen LogP contribution in [0.2, 0.25) is 0 Å². The molecule has 4 heteroatoms. The summed E-state index contributed by atoms with van der Waals surface area (Å²) in [4.78, 5) is 31.8. The van der Waals surface area contributed by atoms with Gasteiger partial charge >= 0.3 is 0 Å². The third kappa shape index (κ3) is 1.86. The first-order valence-corrected chi connectivity index (χ1v) is 7.53. The summed E-state index contributed by atoms with van der Waals surface area (Å²) >= 11 is 0. The Morgan fingerprint density at radius 2 is 1.46 bits per heavy atom. The van der Waals surface area contributed by atoms with E-state index in [0.717, 1.165) is 5.52 Å². The Kier molecular flexibility index (Phi) is 3.00. The van der Waals surface area contributed by atoms with Crippen molar-refractivity contribution in [3.8, 4) is 0 Å². The fourth-order valence-corrected chi connectivity index (χ4v) is 3.11. The highest BCUT2D eigenvalue weighted by Crippen LogP contribution is 2.21. The van der Waals surface area contributed by atoms with Crippen LogP contribution in [-0.4, -0.2) is 9.97 Å². The monoisotopic (exact) mass is 318 g/mol. The van der Waals surface area contributed by atoms with Crippen molar-refractivity contribution in [2.75, 3.05) is 0 Å². The average molecular weight is 318 g/mol. The Morgan fingerprint density at radius 3 is 2.17 bits per heavy atom. The number of pyridine rings is 2. The maximum Gasteiger partial charge on any atom is 0.197 e. The van der Waals surface area contributed by atoms with E-state index < -0.39 is 0 Å². The molecule has 0 bridgehead atoms. The largest absolute Gasteiger partial charge is 0.354 e. The maximum atomic E-state index is 12.7. The van der Waals surface area contributed by atoms with Gasteiger partial charge in [0, 0.05) is 35.8 Å². The van der Waals surface area contributed by atoms with Gasteiger partial charge in [0.1, 0.15) is 0 Å². The van der Waals surface area contributed by atoms with Crippen LogP contribution >= 0.6 is 0 Å². The zero-order chi connectivity index (χ0) is 16.8. The molecule has 0 saturated carbocycles. The van der Waals surface area contributed by atoms with Crippen molar-refractivity contribution in [3.05, 3.63) is 81.3 Å². The minimum absolute atomic E-state index is 0. The van der Waals surface area contributed by atoms with E-state index in [0.29, 0.717) is 38.4 Å². The zero-order valence-corrected chi connectivity index (χ0v) is 12.8. The molecule has 2 aromatic carbocycles. The third-order valence-electron chi connectivity index (χ3n) is 4.30. The molecule has 4 rings (SSSR count). The van der Waals surface area contributed by atoms with E-state index >= 15 is 0 Å². The predicted molar refractivity (Wildman–Crippen MR) is 105 cm³/mol. The second kappa shape index (κ2) is 5.06. The standard InChI is InChI=1S/C20H14N2O2.2H2/c1-3-11-15(4-2)21-17-10-14-18(9-13(17)19(11)23)22-16-8-6-5-7-12(16)20(14)24;;/h3-10H,1-2H2,(H,21,23)(H,22,24);2*1H. The van der Waals surface area contributed by atoms with E-state index in [-0.39, 0.29) is 13.7 Å². The van der Waals surface area contributed by atoms with E-state index in [1.807, 2.05) is 18.2 Å². The molecular weight excluding hydrogens is 300 g/mol. The molecule has 0 radical (unpaired) electrons. The van der Waals surface area contributed by atoms with Gasteiger partial charge < -0.3 is 9.97 Å². The third-order valence-corrected chi connectivity index (χ3v) is 4.30. The molecule has 0 aliphatic carbocycles. The van der Waals surface area contributed by atoms with E-state index in [1.165, 1.54) is 6.08 Å². The van der Waals surface area contributed by atoms with Gasteiger partial charge in [0.2, 0.25) is 0 Å². The lowest BCUT2D eigenvalue weighted by atomic mass is 10.0. The van der Waals surface area contributed by atoms with Crippen molar-refractivity contribution in [1.82, 2.24) is 9.97 Å². The molecular formula is C20H18N2O2. The molecule has 4 aromatic rings. The topological polar surface area (TPSA) is 65.7 Å². The lowest BCUT2D eigenvalue weighted by Gasteiger charge is -2.08. The van der Waals surface area contributed by atoms with Crippen molar-refractivity contribution in [1.29, 1.82) is 0 Å². The summed E-state index contributed by atoms with van der Waals surface area (Å²) in [5.74, 6) is 0. The minimum Gasteiger partial charge on any atom is -0.354 e. The first-order valence-electron chi connectivity index (χ1n) is 7.53. The van der Waals surface area contributed by atoms with Crippen molar-refractivity contribution >= 4 is 44.9 Å². The molecule has 0 fully saturated rings. The van der Waals surface area contributed by atoms with Crippen molar-refractivity contribution in [2.24, 2.45) is 0 Å². The Labute approximate surface area is 139 Å². The average Bonchev–Trinajstić information content (AvgIpc) is 2.61. The highest BCUT2D eigenvalue weighted by molar-refractivity contribution is 6.00. The van der Waals surface area contributed by atoms with Crippen LogP contribution < -0.4 is 10.9 Å². The molecule has 0 aliphatic rings. The van der Waals surface area contributed by atoms with E-state index in [1.54, 1.807) is 24.3 Å². The molecule has 0 spiro atoms. The number of aromatic amines is 2. The molecule has 2 N–H and O–H groups in total. The van der Waals surface area contributed by atoms with Gasteiger partial charge in [-0.25, -0.2) is 0 Å². The van der Waals surface area contributed by atoms with Gasteiger partial charge in [0.25, 0.3) is 0 Å². The number of H-pyrrole nitrogens is 2. The van der Waals surface area contributed by atoms with Gasteiger partial charge in [0.05, 0.1) is 11.0 Å². The highest BCUT2D eigenvalue weighted by atomic mass is 16.1. The molecule has 0 aliphatic heterocycles. The quantitative estimate of drug-likeness (QED) is 0.541. The van der Waals surface area contributed by atoms with Crippen molar-refractivity contribution < 1.29 is 2.85 Å². The fourth-order valence-electron chi connectivity index (χ4n) is 3.11. The molecule has 24 heavy (non-hydrogen) atoms. The van der Waals surface area contributed by atoms with Crippen molar-refractivity contribution in [2.45, 2.75) is 0 Å². The second-order valence-electron chi connectivity index (χ2n) is 5.63. The summed E-state index contributed by atoms with van der Waals surface area (Å²) in [5, 5.41) is 1.67. The first kappa shape index (κ1) is 14.2. The van der Waals surface area contributed by atoms with E-state index in [4.69, 9.17) is 0 Å². The number of aromatic nitrogens is 2. The molecule has 120 valence electrons. The highest BCUT2D eigenvalue weighted by Gasteiger charge is 2.11. The van der Waals surface area contributed by atoms with Gasteiger partial charge in [-0.1, -0.05) is 31.4 Å². The van der Waals surface area contributed by atoms with Gasteiger partial charge in [-0.3, -0.25) is 9.59 Å². The van der Waals surface area contributed by atoms with Crippen LogP contribution in [0.15, 0.2) is 59.1 Å². The lowest BCUT2D eigenvalue weighted by Crippen LogP contribution is -2.11. The summed E-state index contributed by atoms with van der Waals surface area (Å²) in [6, 6.07) is 10.8. The Bertz CT molecular complexity index is 1290. The predicted octanol–water partition coefficient (Wildman–Crippen LogP) is 4.30. The summed E-state index contributed by atoms with van der Waals surface area (Å²) in [5.41, 5.74) is 2.86. The lowest BCUT2D eigenvalue weighted by molar-refractivity contribution is 1.34. The van der Waals surface area contributed by atoms with Crippen LogP contribution in [-0.2, 0) is 0 Å². The molecule has 0 amide bonds. The van der Waals surface area contributed by atoms with Gasteiger partial charge in [-0.2, -0.15) is 0 Å². The number of hydrogen-bond acceptors (Lipinski definition) is 2. The molecule has 0 unspecified atom stereocenters. The molecule has 2 aromatic heterocycles. The van der Waals surface area contributed by atoms with Crippen molar-refractivity contribution in [3.63, 3.8) is 0 Å². The fraction of sp³-hybridized carbons (Fsp3) is 0. The van der Waals surface area contributed by atoms with Crippen LogP contribution in [0, 0.1) is 0 Å². The summed E-state index contributed by atoms with van der Waals surface area (Å²) < 4.78 is 0. The van der Waals surface area contributed by atoms with Gasteiger partial charge in [-0.05, 0) is 30.3 Å². The molecule has 4 nitrogen and oxygen atoms in total. The Hall–Kier alpha value is -3.40.